The molecule has 2 N–H and O–H groups in total. The zero-order valence-corrected chi connectivity index (χ0v) is 10.2. The van der Waals surface area contributed by atoms with Crippen LogP contribution in [-0.2, 0) is 12.0 Å². The second-order valence-electron chi connectivity index (χ2n) is 4.99. The van der Waals surface area contributed by atoms with Crippen LogP contribution < -0.4 is 5.73 Å². The molecule has 3 rings (SSSR count). The minimum absolute atomic E-state index is 0.222. The van der Waals surface area contributed by atoms with Crippen molar-refractivity contribution in [3.05, 3.63) is 71.0 Å². The quantitative estimate of drug-likeness (QED) is 0.814. The molecule has 2 aromatic carbocycles. The SMILES string of the molecule is NC1(c2cccc(F)c2)CCCc2ccccc21. The fraction of sp³-hybridized carbons (Fsp3) is 0.250. The predicted molar refractivity (Wildman–Crippen MR) is 70.7 cm³/mol. The summed E-state index contributed by atoms with van der Waals surface area (Å²) in [4.78, 5) is 0. The van der Waals surface area contributed by atoms with Crippen molar-refractivity contribution in [2.75, 3.05) is 0 Å². The molecule has 92 valence electrons. The highest BCUT2D eigenvalue weighted by Gasteiger charge is 2.34. The van der Waals surface area contributed by atoms with Gasteiger partial charge in [-0.25, -0.2) is 4.39 Å². The first-order valence-electron chi connectivity index (χ1n) is 6.33. The Balaban J connectivity index is 2.16. The van der Waals surface area contributed by atoms with E-state index in [9.17, 15) is 4.39 Å². The van der Waals surface area contributed by atoms with Crippen molar-refractivity contribution in [3.63, 3.8) is 0 Å². The van der Waals surface area contributed by atoms with Crippen LogP contribution in [-0.4, -0.2) is 0 Å². The van der Waals surface area contributed by atoms with Crippen molar-refractivity contribution in [2.45, 2.75) is 24.8 Å². The predicted octanol–water partition coefficient (Wildman–Crippen LogP) is 3.36. The van der Waals surface area contributed by atoms with Gasteiger partial charge in [0.15, 0.2) is 0 Å². The molecule has 1 unspecified atom stereocenters. The lowest BCUT2D eigenvalue weighted by Crippen LogP contribution is -2.41. The van der Waals surface area contributed by atoms with Crippen LogP contribution in [0.4, 0.5) is 4.39 Å². The van der Waals surface area contributed by atoms with Crippen molar-refractivity contribution in [3.8, 4) is 0 Å². The van der Waals surface area contributed by atoms with Crippen LogP contribution in [0.25, 0.3) is 0 Å². The van der Waals surface area contributed by atoms with Gasteiger partial charge in [0.1, 0.15) is 5.82 Å². The van der Waals surface area contributed by atoms with E-state index in [0.717, 1.165) is 30.4 Å². The molecule has 1 aliphatic rings. The Hall–Kier alpha value is -1.67. The first kappa shape index (κ1) is 11.4. The summed E-state index contributed by atoms with van der Waals surface area (Å²) in [5, 5.41) is 0. The van der Waals surface area contributed by atoms with Crippen molar-refractivity contribution >= 4 is 0 Å². The van der Waals surface area contributed by atoms with Crippen LogP contribution in [0.5, 0.6) is 0 Å². The molecule has 0 saturated carbocycles. The van der Waals surface area contributed by atoms with Gasteiger partial charge >= 0.3 is 0 Å². The Labute approximate surface area is 106 Å². The molecule has 0 aliphatic heterocycles. The van der Waals surface area contributed by atoms with E-state index in [1.54, 1.807) is 12.1 Å². The lowest BCUT2D eigenvalue weighted by atomic mass is 9.73. The molecule has 1 aliphatic carbocycles. The molecule has 1 atom stereocenters. The van der Waals surface area contributed by atoms with E-state index in [1.165, 1.54) is 11.6 Å². The summed E-state index contributed by atoms with van der Waals surface area (Å²) < 4.78 is 13.4. The standard InChI is InChI=1S/C16H16FN/c17-14-8-3-7-13(11-14)16(18)10-4-6-12-5-1-2-9-15(12)16/h1-3,5,7-9,11H,4,6,10,18H2. The van der Waals surface area contributed by atoms with E-state index < -0.39 is 5.54 Å². The van der Waals surface area contributed by atoms with E-state index in [0.29, 0.717) is 0 Å². The van der Waals surface area contributed by atoms with Gasteiger partial charge in [0, 0.05) is 0 Å². The zero-order valence-electron chi connectivity index (χ0n) is 10.2. The summed E-state index contributed by atoms with van der Waals surface area (Å²) >= 11 is 0. The van der Waals surface area contributed by atoms with E-state index in [-0.39, 0.29) is 5.82 Å². The van der Waals surface area contributed by atoms with E-state index in [2.05, 4.69) is 12.1 Å². The summed E-state index contributed by atoms with van der Waals surface area (Å²) in [6.07, 6.45) is 2.97. The van der Waals surface area contributed by atoms with Gasteiger partial charge in [0.2, 0.25) is 0 Å². The molecule has 0 radical (unpaired) electrons. The number of aryl methyl sites for hydroxylation is 1. The van der Waals surface area contributed by atoms with Gasteiger partial charge in [-0.05, 0) is 48.1 Å². The number of hydrogen-bond acceptors (Lipinski definition) is 1. The monoisotopic (exact) mass is 241 g/mol. The van der Waals surface area contributed by atoms with Crippen LogP contribution >= 0.6 is 0 Å². The molecule has 2 aromatic rings. The Morgan fingerprint density at radius 3 is 2.72 bits per heavy atom. The summed E-state index contributed by atoms with van der Waals surface area (Å²) in [7, 11) is 0. The second-order valence-corrected chi connectivity index (χ2v) is 4.99. The molecule has 0 heterocycles. The van der Waals surface area contributed by atoms with Crippen LogP contribution in [0.1, 0.15) is 29.5 Å². The smallest absolute Gasteiger partial charge is 0.123 e. The lowest BCUT2D eigenvalue weighted by molar-refractivity contribution is 0.440. The lowest BCUT2D eigenvalue weighted by Gasteiger charge is -2.36. The van der Waals surface area contributed by atoms with E-state index in [1.807, 2.05) is 18.2 Å². The number of rotatable bonds is 1. The van der Waals surface area contributed by atoms with E-state index in [4.69, 9.17) is 5.73 Å². The van der Waals surface area contributed by atoms with Gasteiger partial charge in [-0.15, -0.1) is 0 Å². The molecular formula is C16H16FN. The fourth-order valence-electron chi connectivity index (χ4n) is 2.93. The normalized spacial score (nSPS) is 22.6. The number of hydrogen-bond donors (Lipinski definition) is 1. The molecule has 0 bridgehead atoms. The van der Waals surface area contributed by atoms with Crippen molar-refractivity contribution in [1.29, 1.82) is 0 Å². The van der Waals surface area contributed by atoms with Crippen molar-refractivity contribution < 1.29 is 4.39 Å². The van der Waals surface area contributed by atoms with Gasteiger partial charge in [-0.3, -0.25) is 0 Å². The minimum Gasteiger partial charge on any atom is -0.318 e. The van der Waals surface area contributed by atoms with Gasteiger partial charge in [0.25, 0.3) is 0 Å². The highest BCUT2D eigenvalue weighted by Crippen LogP contribution is 2.38. The van der Waals surface area contributed by atoms with Crippen molar-refractivity contribution in [2.24, 2.45) is 5.73 Å². The molecule has 2 heteroatoms. The van der Waals surface area contributed by atoms with Crippen LogP contribution in [0.2, 0.25) is 0 Å². The molecule has 0 spiro atoms. The third-order valence-corrected chi connectivity index (χ3v) is 3.85. The van der Waals surface area contributed by atoms with Gasteiger partial charge in [0.05, 0.1) is 5.54 Å². The Bertz CT molecular complexity index is 579. The maximum atomic E-state index is 13.4. The van der Waals surface area contributed by atoms with Gasteiger partial charge < -0.3 is 5.73 Å². The maximum absolute atomic E-state index is 13.4. The molecule has 0 fully saturated rings. The van der Waals surface area contributed by atoms with E-state index >= 15 is 0 Å². The summed E-state index contributed by atoms with van der Waals surface area (Å²) in [5.41, 5.74) is 9.35. The molecular weight excluding hydrogens is 225 g/mol. The third kappa shape index (κ3) is 1.73. The van der Waals surface area contributed by atoms with Gasteiger partial charge in [-0.2, -0.15) is 0 Å². The highest BCUT2D eigenvalue weighted by molar-refractivity contribution is 5.44. The largest absolute Gasteiger partial charge is 0.318 e. The first-order chi connectivity index (χ1) is 8.70. The number of nitrogens with two attached hydrogens (primary N) is 1. The Morgan fingerprint density at radius 1 is 1.06 bits per heavy atom. The molecule has 0 aromatic heterocycles. The molecule has 1 nitrogen and oxygen atoms in total. The number of benzene rings is 2. The van der Waals surface area contributed by atoms with Crippen molar-refractivity contribution in [1.82, 2.24) is 0 Å². The average Bonchev–Trinajstić information content (AvgIpc) is 2.39. The summed E-state index contributed by atoms with van der Waals surface area (Å²) in [5.74, 6) is -0.222. The summed E-state index contributed by atoms with van der Waals surface area (Å²) in [6.45, 7) is 0. The van der Waals surface area contributed by atoms with Crippen LogP contribution in [0, 0.1) is 5.82 Å². The molecule has 0 saturated heterocycles. The topological polar surface area (TPSA) is 26.0 Å². The minimum atomic E-state index is -0.545. The van der Waals surface area contributed by atoms with Crippen LogP contribution in [0.3, 0.4) is 0 Å². The average molecular weight is 241 g/mol. The first-order valence-corrected chi connectivity index (χ1v) is 6.33. The zero-order chi connectivity index (χ0) is 12.6. The second kappa shape index (κ2) is 4.21. The summed E-state index contributed by atoms with van der Waals surface area (Å²) in [6, 6.07) is 14.9. The Kier molecular flexibility index (Phi) is 2.67. The third-order valence-electron chi connectivity index (χ3n) is 3.85. The highest BCUT2D eigenvalue weighted by atomic mass is 19.1. The number of halogens is 1. The molecule has 18 heavy (non-hydrogen) atoms. The van der Waals surface area contributed by atoms with Crippen LogP contribution in [0.15, 0.2) is 48.5 Å². The number of fused-ring (bicyclic) bond motifs is 1. The Morgan fingerprint density at radius 2 is 1.89 bits per heavy atom. The fourth-order valence-corrected chi connectivity index (χ4v) is 2.93. The van der Waals surface area contributed by atoms with Gasteiger partial charge in [-0.1, -0.05) is 36.4 Å². The molecule has 0 amide bonds. The maximum Gasteiger partial charge on any atom is 0.123 e.